The number of nitrogen functional groups attached to an aromatic ring is 1. The van der Waals surface area contributed by atoms with E-state index in [9.17, 15) is 0 Å². The zero-order valence-corrected chi connectivity index (χ0v) is 9.65. The van der Waals surface area contributed by atoms with Crippen molar-refractivity contribution in [3.8, 4) is 0 Å². The molecule has 0 fully saturated rings. The highest BCUT2D eigenvalue weighted by atomic mass is 15.3. The van der Waals surface area contributed by atoms with Gasteiger partial charge >= 0.3 is 0 Å². The first kappa shape index (κ1) is 10.5. The lowest BCUT2D eigenvalue weighted by atomic mass is 10.2. The van der Waals surface area contributed by atoms with Crippen molar-refractivity contribution in [1.29, 1.82) is 0 Å². The molecule has 2 heterocycles. The van der Waals surface area contributed by atoms with Crippen LogP contribution in [0, 0.1) is 6.92 Å². The average Bonchev–Trinajstić information content (AvgIpc) is 2.83. The normalized spacial score (nSPS) is 12.7. The van der Waals surface area contributed by atoms with Gasteiger partial charge in [0.15, 0.2) is 0 Å². The number of nitrogens with two attached hydrogens (primary N) is 1. The Kier molecular flexibility index (Phi) is 2.55. The molecular formula is C10H16N6. The largest absolute Gasteiger partial charge is 0.394 e. The van der Waals surface area contributed by atoms with Gasteiger partial charge in [0.25, 0.3) is 0 Å². The third kappa shape index (κ3) is 1.73. The first-order valence-corrected chi connectivity index (χ1v) is 5.14. The summed E-state index contributed by atoms with van der Waals surface area (Å²) in [6.45, 7) is 3.94. The number of nitrogens with zero attached hydrogens (tertiary/aromatic N) is 3. The van der Waals surface area contributed by atoms with E-state index in [1.165, 1.54) is 0 Å². The highest BCUT2D eigenvalue weighted by Crippen LogP contribution is 2.25. The average molecular weight is 220 g/mol. The Hall–Kier alpha value is -1.98. The zero-order valence-electron chi connectivity index (χ0n) is 9.65. The molecule has 0 aliphatic carbocycles. The first-order chi connectivity index (χ1) is 7.59. The number of rotatable bonds is 3. The molecule has 1 unspecified atom stereocenters. The van der Waals surface area contributed by atoms with Gasteiger partial charge in [-0.2, -0.15) is 10.2 Å². The number of H-pyrrole nitrogens is 1. The summed E-state index contributed by atoms with van der Waals surface area (Å²) in [5.41, 5.74) is 8.55. The molecule has 0 saturated heterocycles. The van der Waals surface area contributed by atoms with Gasteiger partial charge in [-0.15, -0.1) is 0 Å². The van der Waals surface area contributed by atoms with Crippen LogP contribution in [-0.4, -0.2) is 20.0 Å². The van der Waals surface area contributed by atoms with Gasteiger partial charge in [0, 0.05) is 18.8 Å². The lowest BCUT2D eigenvalue weighted by Crippen LogP contribution is -2.10. The zero-order chi connectivity index (χ0) is 11.7. The van der Waals surface area contributed by atoms with Crippen molar-refractivity contribution in [3.63, 3.8) is 0 Å². The Morgan fingerprint density at radius 2 is 2.31 bits per heavy atom. The second-order valence-electron chi connectivity index (χ2n) is 3.87. The summed E-state index contributed by atoms with van der Waals surface area (Å²) in [6, 6.07) is 0.135. The van der Waals surface area contributed by atoms with E-state index < -0.39 is 0 Å². The molecule has 16 heavy (non-hydrogen) atoms. The Morgan fingerprint density at radius 1 is 1.56 bits per heavy atom. The van der Waals surface area contributed by atoms with E-state index in [0.29, 0.717) is 5.69 Å². The lowest BCUT2D eigenvalue weighted by Gasteiger charge is -2.14. The molecule has 0 saturated carbocycles. The maximum Gasteiger partial charge on any atom is 0.148 e. The first-order valence-electron chi connectivity index (χ1n) is 5.14. The summed E-state index contributed by atoms with van der Waals surface area (Å²) in [5.74, 6) is 0.839. The molecule has 0 bridgehead atoms. The quantitative estimate of drug-likeness (QED) is 0.725. The molecule has 0 amide bonds. The minimum atomic E-state index is 0.135. The molecule has 0 spiro atoms. The number of nitrogens with one attached hydrogen (secondary N) is 2. The summed E-state index contributed by atoms with van der Waals surface area (Å²) in [7, 11) is 1.87. The topological polar surface area (TPSA) is 84.5 Å². The lowest BCUT2D eigenvalue weighted by molar-refractivity contribution is 0.743. The molecular weight excluding hydrogens is 204 g/mol. The van der Waals surface area contributed by atoms with E-state index in [4.69, 9.17) is 5.73 Å². The van der Waals surface area contributed by atoms with Crippen LogP contribution < -0.4 is 11.1 Å². The second-order valence-corrected chi connectivity index (χ2v) is 3.87. The molecule has 86 valence electrons. The Labute approximate surface area is 93.8 Å². The highest BCUT2D eigenvalue weighted by Gasteiger charge is 2.13. The van der Waals surface area contributed by atoms with Gasteiger partial charge in [-0.05, 0) is 13.8 Å². The van der Waals surface area contributed by atoms with Crippen molar-refractivity contribution >= 4 is 11.5 Å². The number of hydrogen-bond donors (Lipinski definition) is 3. The van der Waals surface area contributed by atoms with E-state index in [1.54, 1.807) is 10.9 Å². The number of aromatic nitrogens is 4. The van der Waals surface area contributed by atoms with Gasteiger partial charge in [0.1, 0.15) is 5.82 Å². The van der Waals surface area contributed by atoms with Gasteiger partial charge in [-0.25, -0.2) is 0 Å². The summed E-state index contributed by atoms with van der Waals surface area (Å²) in [5, 5.41) is 14.3. The summed E-state index contributed by atoms with van der Waals surface area (Å²) >= 11 is 0. The van der Waals surface area contributed by atoms with E-state index in [-0.39, 0.29) is 6.04 Å². The van der Waals surface area contributed by atoms with Gasteiger partial charge in [-0.3, -0.25) is 9.78 Å². The monoisotopic (exact) mass is 220 g/mol. The maximum atomic E-state index is 5.94. The fourth-order valence-electron chi connectivity index (χ4n) is 1.63. The molecule has 2 aromatic heterocycles. The summed E-state index contributed by atoms with van der Waals surface area (Å²) in [6.07, 6.45) is 3.65. The van der Waals surface area contributed by atoms with E-state index >= 15 is 0 Å². The van der Waals surface area contributed by atoms with Crippen LogP contribution in [0.3, 0.4) is 0 Å². The fourth-order valence-corrected chi connectivity index (χ4v) is 1.63. The molecule has 0 aliphatic heterocycles. The van der Waals surface area contributed by atoms with Crippen molar-refractivity contribution < 1.29 is 0 Å². The van der Waals surface area contributed by atoms with Crippen LogP contribution in [-0.2, 0) is 7.05 Å². The smallest absolute Gasteiger partial charge is 0.148 e. The minimum Gasteiger partial charge on any atom is -0.394 e. The number of anilines is 2. The SMILES string of the molecule is Cc1nn(C)c(NC(C)c2cn[nH]c2)c1N. The molecule has 0 radical (unpaired) electrons. The van der Waals surface area contributed by atoms with Gasteiger partial charge in [0.05, 0.1) is 23.6 Å². The van der Waals surface area contributed by atoms with Crippen LogP contribution in [0.2, 0.25) is 0 Å². The van der Waals surface area contributed by atoms with E-state index in [0.717, 1.165) is 17.1 Å². The van der Waals surface area contributed by atoms with Crippen molar-refractivity contribution in [2.75, 3.05) is 11.1 Å². The Balaban J connectivity index is 2.21. The molecule has 4 N–H and O–H groups in total. The molecule has 2 rings (SSSR count). The van der Waals surface area contributed by atoms with Crippen LogP contribution in [0.25, 0.3) is 0 Å². The van der Waals surface area contributed by atoms with Crippen LogP contribution in [0.15, 0.2) is 12.4 Å². The maximum absolute atomic E-state index is 5.94. The summed E-state index contributed by atoms with van der Waals surface area (Å²) in [4.78, 5) is 0. The molecule has 0 aliphatic rings. The van der Waals surface area contributed by atoms with Crippen molar-refractivity contribution in [2.24, 2.45) is 7.05 Å². The van der Waals surface area contributed by atoms with Crippen molar-refractivity contribution in [3.05, 3.63) is 23.7 Å². The molecule has 6 nitrogen and oxygen atoms in total. The predicted octanol–water partition coefficient (Wildman–Crippen LogP) is 1.21. The van der Waals surface area contributed by atoms with Crippen LogP contribution in [0.1, 0.15) is 24.2 Å². The van der Waals surface area contributed by atoms with Crippen LogP contribution >= 0.6 is 0 Å². The minimum absolute atomic E-state index is 0.135. The molecule has 6 heteroatoms. The molecule has 1 atom stereocenters. The fraction of sp³-hybridized carbons (Fsp3) is 0.400. The van der Waals surface area contributed by atoms with Crippen LogP contribution in [0.4, 0.5) is 11.5 Å². The molecule has 0 aromatic carbocycles. The predicted molar refractivity (Wildman–Crippen MR) is 63.0 cm³/mol. The third-order valence-corrected chi connectivity index (χ3v) is 2.64. The van der Waals surface area contributed by atoms with E-state index in [2.05, 4.69) is 20.6 Å². The van der Waals surface area contributed by atoms with Gasteiger partial charge in [-0.1, -0.05) is 0 Å². The second kappa shape index (κ2) is 3.88. The van der Waals surface area contributed by atoms with E-state index in [1.807, 2.05) is 27.1 Å². The van der Waals surface area contributed by atoms with Gasteiger partial charge in [0.2, 0.25) is 0 Å². The number of aryl methyl sites for hydroxylation is 2. The number of aromatic amines is 1. The Morgan fingerprint density at radius 3 is 2.81 bits per heavy atom. The Bertz CT molecular complexity index is 470. The summed E-state index contributed by atoms with van der Waals surface area (Å²) < 4.78 is 1.75. The van der Waals surface area contributed by atoms with Crippen molar-refractivity contribution in [1.82, 2.24) is 20.0 Å². The van der Waals surface area contributed by atoms with Crippen LogP contribution in [0.5, 0.6) is 0 Å². The molecule has 2 aromatic rings. The standard InChI is InChI=1S/C10H16N6/c1-6(8-4-12-13-5-8)14-10-9(11)7(2)15-16(10)3/h4-6,14H,11H2,1-3H3,(H,12,13). The number of hydrogen-bond acceptors (Lipinski definition) is 4. The highest BCUT2D eigenvalue weighted by molar-refractivity contribution is 5.65. The van der Waals surface area contributed by atoms with Crippen molar-refractivity contribution in [2.45, 2.75) is 19.9 Å². The van der Waals surface area contributed by atoms with Gasteiger partial charge < -0.3 is 11.1 Å². The third-order valence-electron chi connectivity index (χ3n) is 2.64.